The molecule has 4 heteroatoms. The highest BCUT2D eigenvalue weighted by Gasteiger charge is 2.12. The van der Waals surface area contributed by atoms with E-state index in [2.05, 4.69) is 18.5 Å². The zero-order valence-corrected chi connectivity index (χ0v) is 16.6. The Labute approximate surface area is 166 Å². The van der Waals surface area contributed by atoms with Crippen LogP contribution in [-0.4, -0.2) is 16.2 Å². The second-order valence-corrected chi connectivity index (χ2v) is 6.94. The van der Waals surface area contributed by atoms with Crippen molar-refractivity contribution in [3.8, 4) is 16.9 Å². The van der Waals surface area contributed by atoms with Crippen molar-refractivity contribution < 1.29 is 4.74 Å². The molecule has 0 radical (unpaired) electrons. The van der Waals surface area contributed by atoms with Gasteiger partial charge in [0.15, 0.2) is 0 Å². The molecule has 0 N–H and O–H groups in total. The third kappa shape index (κ3) is 4.69. The van der Waals surface area contributed by atoms with Crippen molar-refractivity contribution in [2.24, 2.45) is 0 Å². The number of pyridine rings is 2. The maximum Gasteiger partial charge on any atom is 0.260 e. The fourth-order valence-corrected chi connectivity index (χ4v) is 3.31. The zero-order valence-electron chi connectivity index (χ0n) is 16.6. The van der Waals surface area contributed by atoms with E-state index in [0.717, 1.165) is 54.5 Å². The number of allylic oxidation sites excluding steroid dienone is 1. The number of nitrogens with zero attached hydrogens (tertiary/aromatic N) is 2. The van der Waals surface area contributed by atoms with Gasteiger partial charge in [0.1, 0.15) is 11.4 Å². The van der Waals surface area contributed by atoms with Crippen molar-refractivity contribution >= 4 is 11.0 Å². The largest absolute Gasteiger partial charge is 0.494 e. The standard InChI is InChI=1S/C24H28N2O2/c1-3-5-6-7-8-16-26-23-20(10-9-15-25-23)18-22(24(26)27)19-11-13-21(14-12-19)28-17-4-2/h3,9-15,18H,1,4-8,16-17H2,2H3. The summed E-state index contributed by atoms with van der Waals surface area (Å²) in [5, 5.41) is 0.981. The minimum atomic E-state index is 0.0112. The Bertz CT molecular complexity index is 974. The highest BCUT2D eigenvalue weighted by atomic mass is 16.5. The molecule has 28 heavy (non-hydrogen) atoms. The molecule has 0 atom stereocenters. The quantitative estimate of drug-likeness (QED) is 0.342. The Morgan fingerprint density at radius 1 is 1.14 bits per heavy atom. The second kappa shape index (κ2) is 9.88. The van der Waals surface area contributed by atoms with Crippen LogP contribution in [-0.2, 0) is 6.54 Å². The van der Waals surface area contributed by atoms with Crippen LogP contribution in [0.5, 0.6) is 5.75 Å². The van der Waals surface area contributed by atoms with Gasteiger partial charge in [-0.1, -0.05) is 31.6 Å². The number of aryl methyl sites for hydroxylation is 1. The predicted molar refractivity (Wildman–Crippen MR) is 116 cm³/mol. The highest BCUT2D eigenvalue weighted by molar-refractivity contribution is 5.81. The van der Waals surface area contributed by atoms with Crippen LogP contribution in [0.2, 0.25) is 0 Å². The number of rotatable bonds is 10. The van der Waals surface area contributed by atoms with Crippen molar-refractivity contribution in [1.82, 2.24) is 9.55 Å². The number of ether oxygens (including phenoxy) is 1. The van der Waals surface area contributed by atoms with Crippen LogP contribution in [0.3, 0.4) is 0 Å². The Morgan fingerprint density at radius 3 is 2.71 bits per heavy atom. The first kappa shape index (κ1) is 19.9. The first-order chi connectivity index (χ1) is 13.7. The zero-order chi connectivity index (χ0) is 19.8. The van der Waals surface area contributed by atoms with Gasteiger partial charge in [0.2, 0.25) is 0 Å². The fraction of sp³-hybridized carbons (Fsp3) is 0.333. The first-order valence-electron chi connectivity index (χ1n) is 10.1. The molecule has 0 aliphatic rings. The molecule has 2 aromatic heterocycles. The lowest BCUT2D eigenvalue weighted by molar-refractivity contribution is 0.317. The van der Waals surface area contributed by atoms with Gasteiger partial charge in [0.25, 0.3) is 5.56 Å². The van der Waals surface area contributed by atoms with Crippen molar-refractivity contribution in [3.63, 3.8) is 0 Å². The van der Waals surface area contributed by atoms with Gasteiger partial charge in [-0.3, -0.25) is 9.36 Å². The average molecular weight is 377 g/mol. The van der Waals surface area contributed by atoms with Gasteiger partial charge in [0, 0.05) is 23.7 Å². The van der Waals surface area contributed by atoms with E-state index in [0.29, 0.717) is 18.7 Å². The molecule has 0 fully saturated rings. The lowest BCUT2D eigenvalue weighted by Crippen LogP contribution is -2.23. The molecule has 146 valence electrons. The van der Waals surface area contributed by atoms with Crippen molar-refractivity contribution in [1.29, 1.82) is 0 Å². The molecule has 0 saturated carbocycles. The molecule has 2 heterocycles. The van der Waals surface area contributed by atoms with Crippen molar-refractivity contribution in [2.45, 2.75) is 45.6 Å². The Hall–Kier alpha value is -2.88. The SMILES string of the molecule is C=CCCCCCn1c(=O)c(-c2ccc(OCCC)cc2)cc2cccnc21. The number of hydrogen-bond donors (Lipinski definition) is 0. The molecule has 3 aromatic rings. The molecule has 0 aliphatic heterocycles. The summed E-state index contributed by atoms with van der Waals surface area (Å²) in [6.45, 7) is 7.22. The lowest BCUT2D eigenvalue weighted by atomic mass is 10.1. The summed E-state index contributed by atoms with van der Waals surface area (Å²) in [4.78, 5) is 17.7. The van der Waals surface area contributed by atoms with E-state index in [1.54, 1.807) is 6.20 Å². The van der Waals surface area contributed by atoms with Crippen LogP contribution in [0.4, 0.5) is 0 Å². The minimum absolute atomic E-state index is 0.0112. The van der Waals surface area contributed by atoms with Crippen molar-refractivity contribution in [2.75, 3.05) is 6.61 Å². The van der Waals surface area contributed by atoms with Gasteiger partial charge >= 0.3 is 0 Å². The maximum absolute atomic E-state index is 13.2. The van der Waals surface area contributed by atoms with Gasteiger partial charge < -0.3 is 4.74 Å². The van der Waals surface area contributed by atoms with Gasteiger partial charge in [-0.25, -0.2) is 4.98 Å². The predicted octanol–water partition coefficient (Wildman–Crippen LogP) is 5.60. The highest BCUT2D eigenvalue weighted by Crippen LogP contribution is 2.23. The van der Waals surface area contributed by atoms with Crippen molar-refractivity contribution in [3.05, 3.63) is 71.7 Å². The molecule has 0 unspecified atom stereocenters. The monoisotopic (exact) mass is 376 g/mol. The van der Waals surface area contributed by atoms with E-state index in [1.165, 1.54) is 0 Å². The number of benzene rings is 1. The number of hydrogen-bond acceptors (Lipinski definition) is 3. The van der Waals surface area contributed by atoms with E-state index in [9.17, 15) is 4.79 Å². The van der Waals surface area contributed by atoms with Gasteiger partial charge in [0.05, 0.1) is 6.61 Å². The second-order valence-electron chi connectivity index (χ2n) is 6.94. The number of aromatic nitrogens is 2. The van der Waals surface area contributed by atoms with Crippen LogP contribution in [0, 0.1) is 0 Å². The Kier molecular flexibility index (Phi) is 7.01. The van der Waals surface area contributed by atoms with Crippen LogP contribution in [0.15, 0.2) is 66.1 Å². The molecule has 0 aliphatic carbocycles. The van der Waals surface area contributed by atoms with E-state index in [1.807, 2.05) is 53.1 Å². The first-order valence-corrected chi connectivity index (χ1v) is 10.1. The van der Waals surface area contributed by atoms with E-state index in [4.69, 9.17) is 4.74 Å². The summed E-state index contributed by atoms with van der Waals surface area (Å²) in [6, 6.07) is 13.6. The lowest BCUT2D eigenvalue weighted by Gasteiger charge is -2.13. The van der Waals surface area contributed by atoms with Gasteiger partial charge in [-0.2, -0.15) is 0 Å². The molecule has 4 nitrogen and oxygen atoms in total. The molecule has 3 rings (SSSR count). The molecule has 0 saturated heterocycles. The molecular weight excluding hydrogens is 348 g/mol. The number of fused-ring (bicyclic) bond motifs is 1. The summed E-state index contributed by atoms with van der Waals surface area (Å²) in [7, 11) is 0. The van der Waals surface area contributed by atoms with Crippen LogP contribution < -0.4 is 10.3 Å². The summed E-state index contributed by atoms with van der Waals surface area (Å²) in [6.07, 6.45) is 8.79. The third-order valence-electron chi connectivity index (χ3n) is 4.78. The van der Waals surface area contributed by atoms with Gasteiger partial charge in [-0.05, 0) is 61.6 Å². The van der Waals surface area contributed by atoms with Gasteiger partial charge in [-0.15, -0.1) is 6.58 Å². The number of unbranched alkanes of at least 4 members (excludes halogenated alkanes) is 3. The summed E-state index contributed by atoms with van der Waals surface area (Å²) in [5.41, 5.74) is 2.37. The Balaban J connectivity index is 1.93. The van der Waals surface area contributed by atoms with E-state index in [-0.39, 0.29) is 5.56 Å². The molecule has 0 bridgehead atoms. The molecule has 0 spiro atoms. The average Bonchev–Trinajstić information content (AvgIpc) is 2.73. The minimum Gasteiger partial charge on any atom is -0.494 e. The van der Waals surface area contributed by atoms with Crippen LogP contribution in [0.25, 0.3) is 22.2 Å². The topological polar surface area (TPSA) is 44.1 Å². The summed E-state index contributed by atoms with van der Waals surface area (Å²) in [5.74, 6) is 0.829. The smallest absolute Gasteiger partial charge is 0.260 e. The maximum atomic E-state index is 13.2. The molecule has 0 amide bonds. The third-order valence-corrected chi connectivity index (χ3v) is 4.78. The molecule has 1 aromatic carbocycles. The normalized spacial score (nSPS) is 10.9. The summed E-state index contributed by atoms with van der Waals surface area (Å²) >= 11 is 0. The van der Waals surface area contributed by atoms with E-state index < -0.39 is 0 Å². The fourth-order valence-electron chi connectivity index (χ4n) is 3.31. The van der Waals surface area contributed by atoms with Crippen LogP contribution >= 0.6 is 0 Å². The summed E-state index contributed by atoms with van der Waals surface area (Å²) < 4.78 is 7.47. The molecular formula is C24H28N2O2. The van der Waals surface area contributed by atoms with E-state index >= 15 is 0 Å². The van der Waals surface area contributed by atoms with Crippen LogP contribution in [0.1, 0.15) is 39.0 Å². The Morgan fingerprint density at radius 2 is 1.96 bits per heavy atom.